The lowest BCUT2D eigenvalue weighted by atomic mass is 10.1. The van der Waals surface area contributed by atoms with Crippen LogP contribution in [0, 0.1) is 0 Å². The molecule has 6 heteroatoms. The van der Waals surface area contributed by atoms with E-state index in [-0.39, 0.29) is 6.10 Å². The van der Waals surface area contributed by atoms with Crippen LogP contribution in [0.1, 0.15) is 40.0 Å². The molecule has 1 rings (SSSR count). The molecule has 0 spiro atoms. The van der Waals surface area contributed by atoms with Crippen LogP contribution in [0.4, 0.5) is 0 Å². The second kappa shape index (κ2) is 6.32. The van der Waals surface area contributed by atoms with E-state index in [1.807, 2.05) is 0 Å². The van der Waals surface area contributed by atoms with Crippen LogP contribution in [0.15, 0.2) is 0 Å². The monoisotopic (exact) mass is 278 g/mol. The molecule has 1 heterocycles. The second-order valence-electron chi connectivity index (χ2n) is 5.73. The van der Waals surface area contributed by atoms with Crippen LogP contribution < -0.4 is 5.73 Å². The highest BCUT2D eigenvalue weighted by molar-refractivity contribution is 7.90. The van der Waals surface area contributed by atoms with Crippen molar-refractivity contribution in [2.75, 3.05) is 26.2 Å². The fraction of sp³-hybridized carbons (Fsp3) is 1.00. The zero-order valence-electron chi connectivity index (χ0n) is 11.7. The van der Waals surface area contributed by atoms with E-state index in [9.17, 15) is 8.42 Å². The van der Waals surface area contributed by atoms with Crippen molar-refractivity contribution < 1.29 is 13.2 Å². The van der Waals surface area contributed by atoms with E-state index in [2.05, 4.69) is 0 Å². The van der Waals surface area contributed by atoms with E-state index in [0.29, 0.717) is 26.2 Å². The number of nitrogens with two attached hydrogens (primary N) is 1. The fourth-order valence-corrected chi connectivity index (χ4v) is 3.43. The Labute approximate surface area is 111 Å². The Bertz CT molecular complexity index is 341. The summed E-state index contributed by atoms with van der Waals surface area (Å²) in [7, 11) is -3.19. The smallest absolute Gasteiger partial charge is 0.219 e. The molecule has 5 nitrogen and oxygen atoms in total. The Morgan fingerprint density at radius 1 is 1.28 bits per heavy atom. The minimum atomic E-state index is -3.19. The minimum Gasteiger partial charge on any atom is -0.378 e. The minimum absolute atomic E-state index is 0.183. The first-order valence-corrected chi connectivity index (χ1v) is 8.04. The molecule has 0 unspecified atom stereocenters. The Kier molecular flexibility index (Phi) is 5.58. The van der Waals surface area contributed by atoms with Crippen LogP contribution in [0.2, 0.25) is 0 Å². The van der Waals surface area contributed by atoms with E-state index in [0.717, 1.165) is 19.3 Å². The molecule has 1 fully saturated rings. The summed E-state index contributed by atoms with van der Waals surface area (Å²) in [6.45, 7) is 7.66. The van der Waals surface area contributed by atoms with E-state index >= 15 is 0 Å². The van der Waals surface area contributed by atoms with Crippen molar-refractivity contribution in [2.45, 2.75) is 50.9 Å². The number of piperidine rings is 1. The van der Waals surface area contributed by atoms with Crippen molar-refractivity contribution >= 4 is 10.0 Å². The SMILES string of the molecule is CC(C)(C)S(=O)(=O)N1CCC(OCCCN)CC1. The maximum absolute atomic E-state index is 12.2. The maximum Gasteiger partial charge on any atom is 0.219 e. The predicted molar refractivity (Wildman–Crippen MR) is 72.9 cm³/mol. The Balaban J connectivity index is 2.45. The summed E-state index contributed by atoms with van der Waals surface area (Å²) in [5.41, 5.74) is 5.40. The van der Waals surface area contributed by atoms with Crippen molar-refractivity contribution in [2.24, 2.45) is 5.73 Å². The van der Waals surface area contributed by atoms with Gasteiger partial charge in [0.25, 0.3) is 0 Å². The molecule has 1 saturated heterocycles. The van der Waals surface area contributed by atoms with Gasteiger partial charge < -0.3 is 10.5 Å². The third kappa shape index (κ3) is 3.91. The number of ether oxygens (including phenoxy) is 1. The quantitative estimate of drug-likeness (QED) is 0.760. The third-order valence-corrected chi connectivity index (χ3v) is 5.81. The zero-order valence-corrected chi connectivity index (χ0v) is 12.5. The van der Waals surface area contributed by atoms with Crippen LogP contribution in [-0.2, 0) is 14.8 Å². The standard InChI is InChI=1S/C12H26N2O3S/c1-12(2,3)18(15,16)14-8-5-11(6-9-14)17-10-4-7-13/h11H,4-10,13H2,1-3H3. The molecule has 0 amide bonds. The molecule has 0 aromatic heterocycles. The summed E-state index contributed by atoms with van der Waals surface area (Å²) in [5, 5.41) is 0. The summed E-state index contributed by atoms with van der Waals surface area (Å²) < 4.78 is 31.0. The second-order valence-corrected chi connectivity index (χ2v) is 8.42. The summed E-state index contributed by atoms with van der Waals surface area (Å²) in [6, 6.07) is 0. The van der Waals surface area contributed by atoms with E-state index in [1.54, 1.807) is 25.1 Å². The highest BCUT2D eigenvalue weighted by Crippen LogP contribution is 2.24. The van der Waals surface area contributed by atoms with Gasteiger partial charge in [0.1, 0.15) is 0 Å². The van der Waals surface area contributed by atoms with Gasteiger partial charge in [-0.3, -0.25) is 0 Å². The molecule has 0 radical (unpaired) electrons. The van der Waals surface area contributed by atoms with Gasteiger partial charge in [-0.1, -0.05) is 0 Å². The molecule has 0 aromatic carbocycles. The van der Waals surface area contributed by atoms with Crippen molar-refractivity contribution in [3.05, 3.63) is 0 Å². The van der Waals surface area contributed by atoms with Gasteiger partial charge in [0.15, 0.2) is 0 Å². The van der Waals surface area contributed by atoms with Gasteiger partial charge in [0.05, 0.1) is 10.9 Å². The summed E-state index contributed by atoms with van der Waals surface area (Å²) >= 11 is 0. The molecular formula is C12H26N2O3S. The zero-order chi connectivity index (χ0) is 13.8. The first kappa shape index (κ1) is 15.9. The molecule has 0 aromatic rings. The van der Waals surface area contributed by atoms with Gasteiger partial charge in [0, 0.05) is 19.7 Å². The number of sulfonamides is 1. The molecule has 0 atom stereocenters. The van der Waals surface area contributed by atoms with Crippen molar-refractivity contribution in [1.82, 2.24) is 4.31 Å². The van der Waals surface area contributed by atoms with Crippen molar-refractivity contribution in [3.63, 3.8) is 0 Å². The predicted octanol–water partition coefficient (Wildman–Crippen LogP) is 0.945. The summed E-state index contributed by atoms with van der Waals surface area (Å²) in [5.74, 6) is 0. The Morgan fingerprint density at radius 2 is 1.83 bits per heavy atom. The molecule has 1 aliphatic heterocycles. The average molecular weight is 278 g/mol. The van der Waals surface area contributed by atoms with Crippen LogP contribution >= 0.6 is 0 Å². The molecule has 1 aliphatic rings. The lowest BCUT2D eigenvalue weighted by molar-refractivity contribution is 0.0206. The molecule has 0 saturated carbocycles. The van der Waals surface area contributed by atoms with Crippen LogP contribution in [-0.4, -0.2) is 49.8 Å². The number of hydrogen-bond acceptors (Lipinski definition) is 4. The topological polar surface area (TPSA) is 72.6 Å². The van der Waals surface area contributed by atoms with Crippen molar-refractivity contribution in [1.29, 1.82) is 0 Å². The lowest BCUT2D eigenvalue weighted by Gasteiger charge is -2.35. The normalized spacial score (nSPS) is 20.2. The summed E-state index contributed by atoms with van der Waals surface area (Å²) in [4.78, 5) is 0. The highest BCUT2D eigenvalue weighted by Gasteiger charge is 2.37. The van der Waals surface area contributed by atoms with Crippen LogP contribution in [0.3, 0.4) is 0 Å². The molecule has 108 valence electrons. The van der Waals surface area contributed by atoms with Gasteiger partial charge in [0.2, 0.25) is 10.0 Å². The first-order chi connectivity index (χ1) is 8.29. The van der Waals surface area contributed by atoms with Crippen LogP contribution in [0.25, 0.3) is 0 Å². The Morgan fingerprint density at radius 3 is 2.28 bits per heavy atom. The molecule has 18 heavy (non-hydrogen) atoms. The highest BCUT2D eigenvalue weighted by atomic mass is 32.2. The molecular weight excluding hydrogens is 252 g/mol. The van der Waals surface area contributed by atoms with Gasteiger partial charge in [-0.25, -0.2) is 12.7 Å². The molecule has 2 N–H and O–H groups in total. The van der Waals surface area contributed by atoms with E-state index < -0.39 is 14.8 Å². The van der Waals surface area contributed by atoms with Gasteiger partial charge in [-0.05, 0) is 46.6 Å². The van der Waals surface area contributed by atoms with Crippen LogP contribution in [0.5, 0.6) is 0 Å². The largest absolute Gasteiger partial charge is 0.378 e. The van der Waals surface area contributed by atoms with Gasteiger partial charge >= 0.3 is 0 Å². The fourth-order valence-electron chi connectivity index (χ4n) is 1.96. The van der Waals surface area contributed by atoms with E-state index in [4.69, 9.17) is 10.5 Å². The van der Waals surface area contributed by atoms with Gasteiger partial charge in [-0.2, -0.15) is 0 Å². The molecule has 0 aliphatic carbocycles. The average Bonchev–Trinajstić information content (AvgIpc) is 2.28. The maximum atomic E-state index is 12.2. The number of rotatable bonds is 5. The number of nitrogens with zero attached hydrogens (tertiary/aromatic N) is 1. The van der Waals surface area contributed by atoms with Crippen molar-refractivity contribution in [3.8, 4) is 0 Å². The van der Waals surface area contributed by atoms with Gasteiger partial charge in [-0.15, -0.1) is 0 Å². The number of hydrogen-bond donors (Lipinski definition) is 1. The Hall–Kier alpha value is -0.170. The molecule has 0 bridgehead atoms. The first-order valence-electron chi connectivity index (χ1n) is 6.60. The summed E-state index contributed by atoms with van der Waals surface area (Å²) in [6.07, 6.45) is 2.60. The van der Waals surface area contributed by atoms with E-state index in [1.165, 1.54) is 0 Å². The third-order valence-electron chi connectivity index (χ3n) is 3.22. The lowest BCUT2D eigenvalue weighted by Crippen LogP contribution is -2.47.